The number of esters is 1. The summed E-state index contributed by atoms with van der Waals surface area (Å²) in [6, 6.07) is 6.58. The fourth-order valence-electron chi connectivity index (χ4n) is 1.77. The Morgan fingerprint density at radius 3 is 2.50 bits per heavy atom. The lowest BCUT2D eigenvalue weighted by molar-refractivity contribution is -0.148. The van der Waals surface area contributed by atoms with E-state index < -0.39 is 5.97 Å². The van der Waals surface area contributed by atoms with Crippen molar-refractivity contribution >= 4 is 29.4 Å². The van der Waals surface area contributed by atoms with Gasteiger partial charge in [-0.2, -0.15) is 0 Å². The Kier molecular flexibility index (Phi) is 8.86. The monoisotopic (exact) mass is 354 g/mol. The first kappa shape index (κ1) is 20.0. The molecule has 1 atom stereocenters. The van der Waals surface area contributed by atoms with E-state index in [1.165, 1.54) is 0 Å². The fourth-order valence-corrected chi connectivity index (χ4v) is 1.90. The molecule has 0 aliphatic rings. The summed E-state index contributed by atoms with van der Waals surface area (Å²) in [5, 5.41) is 5.97. The molecule has 2 N–H and O–H groups in total. The molecule has 0 radical (unpaired) electrons. The Morgan fingerprint density at radius 2 is 1.88 bits per heavy atom. The van der Waals surface area contributed by atoms with Crippen LogP contribution in [0.2, 0.25) is 5.02 Å². The van der Waals surface area contributed by atoms with Gasteiger partial charge in [0.25, 0.3) is 11.8 Å². The Hall–Kier alpha value is -2.08. The largest absolute Gasteiger partial charge is 0.456 e. The van der Waals surface area contributed by atoms with Crippen LogP contribution in [0.5, 0.6) is 0 Å². The van der Waals surface area contributed by atoms with Crippen LogP contribution in [0.15, 0.2) is 24.3 Å². The number of rotatable bonds is 9. The summed E-state index contributed by atoms with van der Waals surface area (Å²) in [7, 11) is 0. The third-order valence-electron chi connectivity index (χ3n) is 3.33. The lowest BCUT2D eigenvalue weighted by atomic mass is 10.2. The Bertz CT molecular complexity index is 560. The summed E-state index contributed by atoms with van der Waals surface area (Å²) in [5.41, 5.74) is 0.503. The predicted octanol–water partition coefficient (Wildman–Crippen LogP) is 2.31. The highest BCUT2D eigenvalue weighted by Crippen LogP contribution is 2.09. The molecular formula is C17H23ClN2O4. The molecule has 0 aliphatic carbocycles. The Balaban J connectivity index is 2.16. The van der Waals surface area contributed by atoms with Crippen LogP contribution >= 0.6 is 11.6 Å². The van der Waals surface area contributed by atoms with Crippen LogP contribution in [0.3, 0.4) is 0 Å². The van der Waals surface area contributed by atoms with Crippen molar-refractivity contribution in [1.29, 1.82) is 0 Å². The zero-order chi connectivity index (χ0) is 17.9. The van der Waals surface area contributed by atoms with E-state index in [1.54, 1.807) is 24.3 Å². The zero-order valence-electron chi connectivity index (χ0n) is 13.9. The first-order valence-corrected chi connectivity index (χ1v) is 8.29. The normalized spacial score (nSPS) is 11.5. The molecule has 132 valence electrons. The maximum atomic E-state index is 11.8. The van der Waals surface area contributed by atoms with E-state index in [2.05, 4.69) is 10.6 Å². The highest BCUT2D eigenvalue weighted by atomic mass is 35.5. The molecule has 0 bridgehead atoms. The number of benzene rings is 1. The quantitative estimate of drug-likeness (QED) is 0.526. The van der Waals surface area contributed by atoms with Crippen molar-refractivity contribution in [2.45, 2.75) is 39.2 Å². The lowest BCUT2D eigenvalue weighted by Gasteiger charge is -2.11. The highest BCUT2D eigenvalue weighted by Gasteiger charge is 2.10. The molecule has 1 unspecified atom stereocenters. The average molecular weight is 355 g/mol. The molecule has 0 aliphatic heterocycles. The standard InChI is InChI=1S/C17H23ClN2O4/c1-3-12(2)20-15(21)11-24-16(22)5-4-10-19-17(23)13-6-8-14(18)9-7-13/h6-9,12H,3-5,10-11H2,1-2H3,(H,19,23)(H,20,21). The van der Waals surface area contributed by atoms with Crippen LogP contribution in [0.4, 0.5) is 0 Å². The van der Waals surface area contributed by atoms with Gasteiger partial charge in [0.05, 0.1) is 0 Å². The number of amides is 2. The van der Waals surface area contributed by atoms with Gasteiger partial charge in [-0.3, -0.25) is 14.4 Å². The molecule has 0 saturated heterocycles. The number of halogens is 1. The van der Waals surface area contributed by atoms with Gasteiger partial charge in [-0.1, -0.05) is 18.5 Å². The van der Waals surface area contributed by atoms with Gasteiger partial charge < -0.3 is 15.4 Å². The third-order valence-corrected chi connectivity index (χ3v) is 3.59. The van der Waals surface area contributed by atoms with Gasteiger partial charge in [0.2, 0.25) is 0 Å². The van der Waals surface area contributed by atoms with Crippen LogP contribution < -0.4 is 10.6 Å². The van der Waals surface area contributed by atoms with Crippen LogP contribution in [0, 0.1) is 0 Å². The summed E-state index contributed by atoms with van der Waals surface area (Å²) >= 11 is 5.75. The summed E-state index contributed by atoms with van der Waals surface area (Å²) in [6.07, 6.45) is 1.38. The predicted molar refractivity (Wildman–Crippen MR) is 91.9 cm³/mol. The topological polar surface area (TPSA) is 84.5 Å². The number of hydrogen-bond acceptors (Lipinski definition) is 4. The molecule has 1 aromatic carbocycles. The molecule has 0 fully saturated rings. The van der Waals surface area contributed by atoms with Crippen LogP contribution in [0.1, 0.15) is 43.5 Å². The zero-order valence-corrected chi connectivity index (χ0v) is 14.7. The van der Waals surface area contributed by atoms with E-state index in [4.69, 9.17) is 16.3 Å². The van der Waals surface area contributed by atoms with Crippen molar-refractivity contribution in [3.63, 3.8) is 0 Å². The molecule has 0 spiro atoms. The minimum Gasteiger partial charge on any atom is -0.456 e. The molecule has 6 nitrogen and oxygen atoms in total. The number of ether oxygens (including phenoxy) is 1. The van der Waals surface area contributed by atoms with E-state index in [1.807, 2.05) is 13.8 Å². The molecule has 7 heteroatoms. The first-order valence-electron chi connectivity index (χ1n) is 7.91. The number of nitrogens with one attached hydrogen (secondary N) is 2. The van der Waals surface area contributed by atoms with E-state index in [0.717, 1.165) is 6.42 Å². The van der Waals surface area contributed by atoms with Gasteiger partial charge in [-0.25, -0.2) is 0 Å². The van der Waals surface area contributed by atoms with Crippen molar-refractivity contribution in [1.82, 2.24) is 10.6 Å². The number of carbonyl (C=O) groups excluding carboxylic acids is 3. The smallest absolute Gasteiger partial charge is 0.306 e. The summed E-state index contributed by atoms with van der Waals surface area (Å²) < 4.78 is 4.88. The van der Waals surface area contributed by atoms with Crippen LogP contribution in [-0.4, -0.2) is 37.0 Å². The van der Waals surface area contributed by atoms with E-state index in [9.17, 15) is 14.4 Å². The van der Waals surface area contributed by atoms with Crippen LogP contribution in [-0.2, 0) is 14.3 Å². The van der Waals surface area contributed by atoms with Gasteiger partial charge in [-0.15, -0.1) is 0 Å². The SMILES string of the molecule is CCC(C)NC(=O)COC(=O)CCCNC(=O)c1ccc(Cl)cc1. The van der Waals surface area contributed by atoms with Crippen LogP contribution in [0.25, 0.3) is 0 Å². The van der Waals surface area contributed by atoms with Gasteiger partial charge in [0, 0.05) is 29.6 Å². The Morgan fingerprint density at radius 1 is 1.21 bits per heavy atom. The minimum atomic E-state index is -0.463. The lowest BCUT2D eigenvalue weighted by Crippen LogP contribution is -2.35. The summed E-state index contributed by atoms with van der Waals surface area (Å²) in [4.78, 5) is 34.8. The summed E-state index contributed by atoms with van der Waals surface area (Å²) in [5.74, 6) is -1.00. The average Bonchev–Trinajstić information content (AvgIpc) is 2.57. The van der Waals surface area contributed by atoms with Gasteiger partial charge >= 0.3 is 5.97 Å². The fraction of sp³-hybridized carbons (Fsp3) is 0.471. The second-order valence-electron chi connectivity index (χ2n) is 5.40. The van der Waals surface area contributed by atoms with Crippen molar-refractivity contribution < 1.29 is 19.1 Å². The molecule has 1 rings (SSSR count). The first-order chi connectivity index (χ1) is 11.4. The number of hydrogen-bond donors (Lipinski definition) is 2. The maximum Gasteiger partial charge on any atom is 0.306 e. The Labute approximate surface area is 146 Å². The number of carbonyl (C=O) groups is 3. The molecule has 0 saturated carbocycles. The second-order valence-corrected chi connectivity index (χ2v) is 5.84. The van der Waals surface area contributed by atoms with Crippen molar-refractivity contribution in [3.8, 4) is 0 Å². The van der Waals surface area contributed by atoms with Crippen molar-refractivity contribution in [3.05, 3.63) is 34.9 Å². The molecule has 24 heavy (non-hydrogen) atoms. The van der Waals surface area contributed by atoms with Gasteiger partial charge in [0.15, 0.2) is 6.61 Å². The van der Waals surface area contributed by atoms with Crippen molar-refractivity contribution in [2.24, 2.45) is 0 Å². The molecule has 0 heterocycles. The maximum absolute atomic E-state index is 11.8. The van der Waals surface area contributed by atoms with E-state index >= 15 is 0 Å². The van der Waals surface area contributed by atoms with Crippen molar-refractivity contribution in [2.75, 3.05) is 13.2 Å². The molecule has 0 aromatic heterocycles. The van der Waals surface area contributed by atoms with E-state index in [0.29, 0.717) is 23.6 Å². The molecule has 2 amide bonds. The van der Waals surface area contributed by atoms with Gasteiger partial charge in [-0.05, 0) is 44.0 Å². The highest BCUT2D eigenvalue weighted by molar-refractivity contribution is 6.30. The summed E-state index contributed by atoms with van der Waals surface area (Å²) in [6.45, 7) is 3.90. The second kappa shape index (κ2) is 10.6. The molecule has 1 aromatic rings. The third kappa shape index (κ3) is 7.97. The minimum absolute atomic E-state index is 0.0549. The molecular weight excluding hydrogens is 332 g/mol. The van der Waals surface area contributed by atoms with Gasteiger partial charge in [0.1, 0.15) is 0 Å². The van der Waals surface area contributed by atoms with E-state index in [-0.39, 0.29) is 30.9 Å².